The number of halogens is 10. The van der Waals surface area contributed by atoms with Gasteiger partial charge in [-0.25, -0.2) is 0 Å². The van der Waals surface area contributed by atoms with E-state index < -0.39 is 42.1 Å². The number of ether oxygens (including phenoxy) is 1. The first-order valence-electron chi connectivity index (χ1n) is 12.4. The number of anilines is 1. The molecule has 1 N–H and O–H groups in total. The molecule has 4 rings (SSSR count). The first kappa shape index (κ1) is 32.4. The van der Waals surface area contributed by atoms with Crippen LogP contribution in [0.15, 0.2) is 91.0 Å². The fraction of sp³-hybridized carbons (Fsp3) is 0.200. The molecule has 1 atom stereocenters. The first-order valence-corrected chi connectivity index (χ1v) is 13.2. The maximum atomic E-state index is 14.1. The Bertz CT molecular complexity index is 1560. The third kappa shape index (κ3) is 7.34. The number of nitrogens with zero attached hydrogens (tertiary/aromatic N) is 1. The number of benzene rings is 4. The summed E-state index contributed by atoms with van der Waals surface area (Å²) in [6, 6.07) is 17.4. The number of hydrogen-bond acceptors (Lipinski definition) is 3. The van der Waals surface area contributed by atoms with Crippen molar-refractivity contribution in [2.45, 2.75) is 30.9 Å². The molecule has 0 heterocycles. The maximum Gasteiger partial charge on any atom is 0.458 e. The molecular formula is C30H21Cl2F8NO2. The Hall–Kier alpha value is -3.54. The summed E-state index contributed by atoms with van der Waals surface area (Å²) in [4.78, 5) is 1.44. The lowest BCUT2D eigenvalue weighted by atomic mass is 10.0. The molecule has 1 unspecified atom stereocenters. The van der Waals surface area contributed by atoms with Crippen molar-refractivity contribution >= 4 is 28.9 Å². The van der Waals surface area contributed by atoms with Gasteiger partial charge in [0.15, 0.2) is 0 Å². The van der Waals surface area contributed by atoms with Gasteiger partial charge in [-0.15, -0.1) is 0 Å². The molecule has 4 aromatic carbocycles. The Labute approximate surface area is 250 Å². The van der Waals surface area contributed by atoms with E-state index in [1.54, 1.807) is 36.4 Å². The van der Waals surface area contributed by atoms with E-state index in [-0.39, 0.29) is 39.2 Å². The Balaban J connectivity index is 1.77. The number of hydrogen-bond donors (Lipinski definition) is 1. The third-order valence-electron chi connectivity index (χ3n) is 6.46. The lowest BCUT2D eigenvalue weighted by Crippen LogP contribution is -2.34. The SMILES string of the molecule is OCC(c1ccc(C(F)(F)F)cc1)N(Cc1cccc(C(F)(F)C(F)(F)F)c1)c1cccc(Oc2cccc(Cl)c2Cl)c1. The van der Waals surface area contributed by atoms with Crippen LogP contribution >= 0.6 is 23.2 Å². The predicted octanol–water partition coefficient (Wildman–Crippen LogP) is 10.2. The smallest absolute Gasteiger partial charge is 0.456 e. The van der Waals surface area contributed by atoms with E-state index in [1.165, 1.54) is 17.0 Å². The summed E-state index contributed by atoms with van der Waals surface area (Å²) in [5, 5.41) is 10.7. The highest BCUT2D eigenvalue weighted by Gasteiger charge is 2.58. The average molecular weight is 650 g/mol. The van der Waals surface area contributed by atoms with Gasteiger partial charge in [0, 0.05) is 23.9 Å². The van der Waals surface area contributed by atoms with Crippen LogP contribution in [0.25, 0.3) is 0 Å². The third-order valence-corrected chi connectivity index (χ3v) is 7.27. The summed E-state index contributed by atoms with van der Waals surface area (Å²) in [6.45, 7) is -0.982. The van der Waals surface area contributed by atoms with Gasteiger partial charge in [-0.1, -0.05) is 65.7 Å². The van der Waals surface area contributed by atoms with Crippen LogP contribution in [-0.4, -0.2) is 17.9 Å². The van der Waals surface area contributed by atoms with Gasteiger partial charge in [0.2, 0.25) is 0 Å². The molecule has 0 radical (unpaired) electrons. The van der Waals surface area contributed by atoms with Crippen molar-refractivity contribution in [3.05, 3.63) is 123 Å². The molecule has 0 aliphatic carbocycles. The molecule has 43 heavy (non-hydrogen) atoms. The molecule has 0 aromatic heterocycles. The second-order valence-electron chi connectivity index (χ2n) is 9.37. The molecule has 0 saturated heterocycles. The molecule has 0 amide bonds. The van der Waals surface area contributed by atoms with Crippen molar-refractivity contribution in [3.63, 3.8) is 0 Å². The van der Waals surface area contributed by atoms with E-state index >= 15 is 0 Å². The summed E-state index contributed by atoms with van der Waals surface area (Å²) in [7, 11) is 0. The molecule has 0 bridgehead atoms. The van der Waals surface area contributed by atoms with Crippen LogP contribution in [0.1, 0.15) is 28.3 Å². The molecule has 228 valence electrons. The minimum atomic E-state index is -5.84. The van der Waals surface area contributed by atoms with Crippen LogP contribution in [0, 0.1) is 0 Å². The second-order valence-corrected chi connectivity index (χ2v) is 10.2. The van der Waals surface area contributed by atoms with Gasteiger partial charge in [0.25, 0.3) is 0 Å². The van der Waals surface area contributed by atoms with Gasteiger partial charge in [0.05, 0.1) is 23.2 Å². The zero-order valence-corrected chi connectivity index (χ0v) is 23.2. The normalized spacial score (nSPS) is 13.1. The van der Waals surface area contributed by atoms with Crippen LogP contribution in [0.4, 0.5) is 40.8 Å². The average Bonchev–Trinajstić information content (AvgIpc) is 2.95. The minimum absolute atomic E-state index is 0.0102. The van der Waals surface area contributed by atoms with Crippen LogP contribution in [0.2, 0.25) is 10.0 Å². The predicted molar refractivity (Wildman–Crippen MR) is 147 cm³/mol. The Morgan fingerprint density at radius 1 is 0.744 bits per heavy atom. The molecular weight excluding hydrogens is 629 g/mol. The van der Waals surface area contributed by atoms with Crippen molar-refractivity contribution in [3.8, 4) is 11.5 Å². The molecule has 0 saturated carbocycles. The van der Waals surface area contributed by atoms with E-state index in [0.29, 0.717) is 17.8 Å². The Morgan fingerprint density at radius 2 is 1.40 bits per heavy atom. The maximum absolute atomic E-state index is 14.1. The molecule has 0 fully saturated rings. The fourth-order valence-electron chi connectivity index (χ4n) is 4.30. The topological polar surface area (TPSA) is 32.7 Å². The van der Waals surface area contributed by atoms with Crippen LogP contribution in [0.5, 0.6) is 11.5 Å². The molecule has 0 aliphatic rings. The summed E-state index contributed by atoms with van der Waals surface area (Å²) in [5.74, 6) is -4.73. The molecule has 3 nitrogen and oxygen atoms in total. The van der Waals surface area contributed by atoms with Crippen LogP contribution in [0.3, 0.4) is 0 Å². The second kappa shape index (κ2) is 12.6. The highest BCUT2D eigenvalue weighted by molar-refractivity contribution is 6.42. The van der Waals surface area contributed by atoms with Crippen molar-refractivity contribution < 1.29 is 45.0 Å². The largest absolute Gasteiger partial charge is 0.458 e. The number of aliphatic hydroxyl groups is 1. The molecule has 13 heteroatoms. The Morgan fingerprint density at radius 3 is 2.02 bits per heavy atom. The van der Waals surface area contributed by atoms with Crippen molar-refractivity contribution in [1.29, 1.82) is 0 Å². The minimum Gasteiger partial charge on any atom is -0.456 e. The van der Waals surface area contributed by atoms with Gasteiger partial charge in [0.1, 0.15) is 16.5 Å². The van der Waals surface area contributed by atoms with E-state index in [2.05, 4.69) is 0 Å². The summed E-state index contributed by atoms with van der Waals surface area (Å²) in [6.07, 6.45) is -10.5. The standard InChI is InChI=1S/C30H21Cl2F8NO2/c31-24-8-3-9-26(27(24)32)43-23-7-2-6-22(15-23)41(25(17-42)19-10-12-20(13-11-19)29(35,36)37)16-18-4-1-5-21(14-18)28(33,34)30(38,39)40/h1-15,25,42H,16-17H2. The first-order chi connectivity index (χ1) is 20.1. The lowest BCUT2D eigenvalue weighted by molar-refractivity contribution is -0.289. The zero-order valence-electron chi connectivity index (χ0n) is 21.7. The summed E-state index contributed by atoms with van der Waals surface area (Å²) < 4.78 is 113. The summed E-state index contributed by atoms with van der Waals surface area (Å²) in [5.41, 5.74) is -1.70. The van der Waals surface area contributed by atoms with E-state index in [9.17, 15) is 40.2 Å². The van der Waals surface area contributed by atoms with E-state index in [1.807, 2.05) is 0 Å². The molecule has 0 spiro atoms. The van der Waals surface area contributed by atoms with Crippen LogP contribution < -0.4 is 9.64 Å². The lowest BCUT2D eigenvalue weighted by Gasteiger charge is -2.34. The highest BCUT2D eigenvalue weighted by atomic mass is 35.5. The van der Waals surface area contributed by atoms with E-state index in [4.69, 9.17) is 27.9 Å². The van der Waals surface area contributed by atoms with E-state index in [0.717, 1.165) is 30.3 Å². The van der Waals surface area contributed by atoms with Gasteiger partial charge >= 0.3 is 18.3 Å². The van der Waals surface area contributed by atoms with Gasteiger partial charge in [-0.2, -0.15) is 35.1 Å². The van der Waals surface area contributed by atoms with Crippen molar-refractivity contribution in [2.24, 2.45) is 0 Å². The number of alkyl halides is 8. The summed E-state index contributed by atoms with van der Waals surface area (Å²) >= 11 is 12.3. The number of rotatable bonds is 9. The Kier molecular flexibility index (Phi) is 9.48. The van der Waals surface area contributed by atoms with Crippen LogP contribution in [-0.2, 0) is 18.6 Å². The quantitative estimate of drug-likeness (QED) is 0.183. The fourth-order valence-corrected chi connectivity index (χ4v) is 4.63. The van der Waals surface area contributed by atoms with Gasteiger partial charge in [-0.05, 0) is 53.6 Å². The molecule has 0 aliphatic heterocycles. The highest BCUT2D eigenvalue weighted by Crippen LogP contribution is 2.44. The van der Waals surface area contributed by atoms with Gasteiger partial charge in [-0.3, -0.25) is 0 Å². The van der Waals surface area contributed by atoms with Crippen molar-refractivity contribution in [2.75, 3.05) is 11.5 Å². The monoisotopic (exact) mass is 649 g/mol. The number of aliphatic hydroxyl groups excluding tert-OH is 1. The molecule has 4 aromatic rings. The van der Waals surface area contributed by atoms with Crippen molar-refractivity contribution in [1.82, 2.24) is 0 Å². The van der Waals surface area contributed by atoms with Gasteiger partial charge < -0.3 is 14.7 Å². The zero-order chi connectivity index (χ0) is 31.6.